The van der Waals surface area contributed by atoms with Gasteiger partial charge in [0.25, 0.3) is 5.91 Å². The second-order valence-electron chi connectivity index (χ2n) is 8.54. The molecule has 0 aliphatic carbocycles. The lowest BCUT2D eigenvalue weighted by atomic mass is 9.76. The Labute approximate surface area is 183 Å². The summed E-state index contributed by atoms with van der Waals surface area (Å²) in [5.41, 5.74) is 3.82. The van der Waals surface area contributed by atoms with E-state index in [4.69, 9.17) is 14.6 Å². The molecule has 0 radical (unpaired) electrons. The third kappa shape index (κ3) is 4.37. The van der Waals surface area contributed by atoms with E-state index in [-0.39, 0.29) is 17.3 Å². The topological polar surface area (TPSA) is 82.5 Å². The SMILES string of the molecule is CCCCOC(=O)c1ccc(-n2nc(CC)c3c2CC2(CCOCC2)CNC3=O)cc1. The number of hydrogen-bond donors (Lipinski definition) is 1. The maximum absolute atomic E-state index is 13.0. The Kier molecular flexibility index (Phi) is 6.41. The zero-order valence-electron chi connectivity index (χ0n) is 18.4. The van der Waals surface area contributed by atoms with Crippen molar-refractivity contribution in [1.82, 2.24) is 15.1 Å². The fraction of sp³-hybridized carbons (Fsp3) is 0.542. The summed E-state index contributed by atoms with van der Waals surface area (Å²) in [6, 6.07) is 7.29. The molecule has 4 rings (SSSR count). The van der Waals surface area contributed by atoms with Crippen molar-refractivity contribution in [2.75, 3.05) is 26.4 Å². The predicted octanol–water partition coefficient (Wildman–Crippen LogP) is 3.47. The van der Waals surface area contributed by atoms with Crippen molar-refractivity contribution in [2.45, 2.75) is 52.4 Å². The van der Waals surface area contributed by atoms with Gasteiger partial charge in [-0.2, -0.15) is 5.10 Å². The van der Waals surface area contributed by atoms with Gasteiger partial charge in [0.05, 0.1) is 34.8 Å². The first kappa shape index (κ1) is 21.6. The van der Waals surface area contributed by atoms with Crippen LogP contribution in [0, 0.1) is 5.41 Å². The Bertz CT molecular complexity index is 942. The highest BCUT2D eigenvalue weighted by Crippen LogP contribution is 2.38. The molecule has 1 aromatic carbocycles. The lowest BCUT2D eigenvalue weighted by molar-refractivity contribution is 0.0155. The van der Waals surface area contributed by atoms with Crippen LogP contribution in [0.1, 0.15) is 71.6 Å². The van der Waals surface area contributed by atoms with E-state index in [0.29, 0.717) is 30.7 Å². The highest BCUT2D eigenvalue weighted by atomic mass is 16.5. The van der Waals surface area contributed by atoms with E-state index < -0.39 is 0 Å². The fourth-order valence-electron chi connectivity index (χ4n) is 4.45. The standard InChI is InChI=1S/C24H31N3O4/c1-3-5-12-31-23(29)17-6-8-18(9-7-17)27-20-15-24(10-13-30-14-11-24)16-25-22(28)21(20)19(4-2)26-27/h6-9H,3-5,10-16H2,1-2H3,(H,25,28). The lowest BCUT2D eigenvalue weighted by Crippen LogP contribution is -2.40. The molecule has 1 aromatic heterocycles. The van der Waals surface area contributed by atoms with Gasteiger partial charge in [-0.05, 0) is 61.8 Å². The maximum Gasteiger partial charge on any atom is 0.338 e. The summed E-state index contributed by atoms with van der Waals surface area (Å²) in [4.78, 5) is 25.2. The van der Waals surface area contributed by atoms with Gasteiger partial charge in [0.2, 0.25) is 0 Å². The van der Waals surface area contributed by atoms with E-state index in [1.807, 2.05) is 23.7 Å². The summed E-state index contributed by atoms with van der Waals surface area (Å²) < 4.78 is 12.8. The van der Waals surface area contributed by atoms with Crippen LogP contribution in [0.3, 0.4) is 0 Å². The second-order valence-corrected chi connectivity index (χ2v) is 8.54. The second kappa shape index (κ2) is 9.22. The molecular formula is C24H31N3O4. The van der Waals surface area contributed by atoms with Crippen LogP contribution in [0.15, 0.2) is 24.3 Å². The van der Waals surface area contributed by atoms with Crippen molar-refractivity contribution in [2.24, 2.45) is 5.41 Å². The Morgan fingerprint density at radius 1 is 1.23 bits per heavy atom. The molecule has 1 amide bonds. The third-order valence-corrected chi connectivity index (χ3v) is 6.41. The number of nitrogens with zero attached hydrogens (tertiary/aromatic N) is 2. The van der Waals surface area contributed by atoms with Crippen molar-refractivity contribution in [1.29, 1.82) is 0 Å². The first-order valence-electron chi connectivity index (χ1n) is 11.3. The van der Waals surface area contributed by atoms with Crippen LogP contribution in [0.4, 0.5) is 0 Å². The number of esters is 1. The third-order valence-electron chi connectivity index (χ3n) is 6.41. The summed E-state index contributed by atoms with van der Waals surface area (Å²) in [6.07, 6.45) is 5.14. The van der Waals surface area contributed by atoms with Crippen LogP contribution in [-0.4, -0.2) is 48.0 Å². The number of carbonyl (C=O) groups excluding carboxylic acids is 2. The summed E-state index contributed by atoms with van der Waals surface area (Å²) >= 11 is 0. The van der Waals surface area contributed by atoms with Crippen LogP contribution in [-0.2, 0) is 22.3 Å². The molecule has 31 heavy (non-hydrogen) atoms. The molecule has 1 fully saturated rings. The van der Waals surface area contributed by atoms with E-state index in [1.165, 1.54) is 0 Å². The van der Waals surface area contributed by atoms with Gasteiger partial charge in [-0.3, -0.25) is 4.79 Å². The van der Waals surface area contributed by atoms with Gasteiger partial charge in [-0.1, -0.05) is 20.3 Å². The molecule has 0 atom stereocenters. The minimum absolute atomic E-state index is 0.00895. The van der Waals surface area contributed by atoms with Crippen molar-refractivity contribution < 1.29 is 19.1 Å². The minimum atomic E-state index is -0.311. The highest BCUT2D eigenvalue weighted by Gasteiger charge is 2.39. The molecule has 2 aliphatic rings. The van der Waals surface area contributed by atoms with E-state index in [2.05, 4.69) is 12.2 Å². The van der Waals surface area contributed by atoms with Gasteiger partial charge < -0.3 is 14.8 Å². The Morgan fingerprint density at radius 2 is 1.97 bits per heavy atom. The summed E-state index contributed by atoms with van der Waals surface area (Å²) in [6.45, 7) is 6.61. The molecule has 3 heterocycles. The van der Waals surface area contributed by atoms with Crippen molar-refractivity contribution >= 4 is 11.9 Å². The molecule has 2 aliphatic heterocycles. The summed E-state index contributed by atoms with van der Waals surface area (Å²) in [5, 5.41) is 7.93. The molecule has 1 N–H and O–H groups in total. The number of hydrogen-bond acceptors (Lipinski definition) is 5. The number of aryl methyl sites for hydroxylation is 1. The number of amides is 1. The molecule has 2 aromatic rings. The lowest BCUT2D eigenvalue weighted by Gasteiger charge is -2.36. The van der Waals surface area contributed by atoms with Gasteiger partial charge in [0.1, 0.15) is 0 Å². The minimum Gasteiger partial charge on any atom is -0.462 e. The molecule has 0 bridgehead atoms. The molecule has 7 heteroatoms. The normalized spacial score (nSPS) is 17.7. The monoisotopic (exact) mass is 425 g/mol. The van der Waals surface area contributed by atoms with Crippen LogP contribution in [0.25, 0.3) is 5.69 Å². The molecule has 0 unspecified atom stereocenters. The number of aromatic nitrogens is 2. The van der Waals surface area contributed by atoms with Gasteiger partial charge in [-0.15, -0.1) is 0 Å². The molecule has 7 nitrogen and oxygen atoms in total. The van der Waals surface area contributed by atoms with Gasteiger partial charge in [0.15, 0.2) is 0 Å². The quantitative estimate of drug-likeness (QED) is 0.566. The maximum atomic E-state index is 13.0. The first-order valence-corrected chi connectivity index (χ1v) is 11.3. The fourth-order valence-corrected chi connectivity index (χ4v) is 4.45. The average molecular weight is 426 g/mol. The van der Waals surface area contributed by atoms with Crippen LogP contribution < -0.4 is 5.32 Å². The van der Waals surface area contributed by atoms with E-state index in [1.54, 1.807) is 12.1 Å². The van der Waals surface area contributed by atoms with Gasteiger partial charge >= 0.3 is 5.97 Å². The van der Waals surface area contributed by atoms with Gasteiger partial charge in [0, 0.05) is 19.8 Å². The predicted molar refractivity (Wildman–Crippen MR) is 117 cm³/mol. The smallest absolute Gasteiger partial charge is 0.338 e. The van der Waals surface area contributed by atoms with E-state index >= 15 is 0 Å². The number of carbonyl (C=O) groups is 2. The number of rotatable bonds is 6. The molecule has 1 spiro atoms. The summed E-state index contributed by atoms with van der Waals surface area (Å²) in [5.74, 6) is -0.355. The molecular weight excluding hydrogens is 394 g/mol. The van der Waals surface area contributed by atoms with E-state index in [0.717, 1.165) is 62.4 Å². The number of ether oxygens (including phenoxy) is 2. The zero-order chi connectivity index (χ0) is 21.8. The largest absolute Gasteiger partial charge is 0.462 e. The Hall–Kier alpha value is -2.67. The van der Waals surface area contributed by atoms with Crippen molar-refractivity contribution in [3.63, 3.8) is 0 Å². The Morgan fingerprint density at radius 3 is 2.65 bits per heavy atom. The highest BCUT2D eigenvalue weighted by molar-refractivity contribution is 5.97. The van der Waals surface area contributed by atoms with Crippen LogP contribution in [0.2, 0.25) is 0 Å². The van der Waals surface area contributed by atoms with Gasteiger partial charge in [-0.25, -0.2) is 9.48 Å². The van der Waals surface area contributed by atoms with E-state index in [9.17, 15) is 9.59 Å². The zero-order valence-corrected chi connectivity index (χ0v) is 18.4. The summed E-state index contributed by atoms with van der Waals surface area (Å²) in [7, 11) is 0. The average Bonchev–Trinajstić information content (AvgIpc) is 3.10. The molecule has 166 valence electrons. The van der Waals surface area contributed by atoms with Crippen LogP contribution in [0.5, 0.6) is 0 Å². The van der Waals surface area contributed by atoms with Crippen LogP contribution >= 0.6 is 0 Å². The van der Waals surface area contributed by atoms with Crippen molar-refractivity contribution in [3.8, 4) is 5.69 Å². The van der Waals surface area contributed by atoms with Crippen molar-refractivity contribution in [3.05, 3.63) is 46.8 Å². The molecule has 0 saturated carbocycles. The first-order chi connectivity index (χ1) is 15.1. The number of fused-ring (bicyclic) bond motifs is 1. The number of nitrogens with one attached hydrogen (secondary N) is 1. The number of unbranched alkanes of at least 4 members (excludes halogenated alkanes) is 1. The number of benzene rings is 1. The molecule has 1 saturated heterocycles. The Balaban J connectivity index is 1.66.